The molecular weight excluding hydrogens is 272 g/mol. The lowest BCUT2D eigenvalue weighted by molar-refractivity contribution is 0.103. The van der Waals surface area contributed by atoms with Gasteiger partial charge in [0.25, 0.3) is 0 Å². The van der Waals surface area contributed by atoms with Crippen LogP contribution in [0.5, 0.6) is 0 Å². The van der Waals surface area contributed by atoms with Crippen LogP contribution >= 0.6 is 0 Å². The molecule has 104 valence electrons. The molecule has 0 aliphatic carbocycles. The minimum Gasteiger partial charge on any atom is -0.288 e. The van der Waals surface area contributed by atoms with Crippen molar-refractivity contribution < 1.29 is 22.4 Å². The summed E-state index contributed by atoms with van der Waals surface area (Å²) in [6.45, 7) is 2.72. The van der Waals surface area contributed by atoms with Gasteiger partial charge in [-0.2, -0.15) is 0 Å². The summed E-state index contributed by atoms with van der Waals surface area (Å²) >= 11 is 0. The molecule has 20 heavy (non-hydrogen) atoms. The van der Waals surface area contributed by atoms with Crippen LogP contribution < -0.4 is 0 Å². The van der Waals surface area contributed by atoms with Gasteiger partial charge < -0.3 is 0 Å². The number of aryl methyl sites for hydroxylation is 2. The molecule has 0 aliphatic rings. The van der Waals surface area contributed by atoms with E-state index in [2.05, 4.69) is 0 Å². The summed E-state index contributed by atoms with van der Waals surface area (Å²) in [6, 6.07) is 3.14. The van der Waals surface area contributed by atoms with Crippen LogP contribution in [0.15, 0.2) is 24.3 Å². The summed E-state index contributed by atoms with van der Waals surface area (Å²) in [5.41, 5.74) is -0.773. The highest BCUT2D eigenvalue weighted by Crippen LogP contribution is 2.21. The predicted molar refractivity (Wildman–Crippen MR) is 65.6 cm³/mol. The second-order valence-electron chi connectivity index (χ2n) is 4.49. The van der Waals surface area contributed by atoms with Gasteiger partial charge in [0, 0.05) is 12.1 Å². The number of halogens is 4. The van der Waals surface area contributed by atoms with Gasteiger partial charge in [-0.05, 0) is 37.1 Å². The molecule has 0 radical (unpaired) electrons. The summed E-state index contributed by atoms with van der Waals surface area (Å²) in [7, 11) is 0. The Kier molecular flexibility index (Phi) is 3.61. The van der Waals surface area contributed by atoms with E-state index in [1.54, 1.807) is 0 Å². The largest absolute Gasteiger partial charge is 0.288 e. The molecule has 0 amide bonds. The van der Waals surface area contributed by atoms with Crippen molar-refractivity contribution in [2.24, 2.45) is 0 Å². The van der Waals surface area contributed by atoms with E-state index in [0.29, 0.717) is 12.1 Å². The van der Waals surface area contributed by atoms with Gasteiger partial charge in [0.15, 0.2) is 5.78 Å². The summed E-state index contributed by atoms with van der Waals surface area (Å²) in [5.74, 6) is -4.71. The number of ketones is 1. The molecule has 2 aromatic rings. The van der Waals surface area contributed by atoms with Gasteiger partial charge >= 0.3 is 0 Å². The minimum absolute atomic E-state index is 0.0639. The second kappa shape index (κ2) is 5.07. The average molecular weight is 282 g/mol. The lowest BCUT2D eigenvalue weighted by Crippen LogP contribution is -2.09. The Morgan fingerprint density at radius 1 is 0.700 bits per heavy atom. The lowest BCUT2D eigenvalue weighted by Gasteiger charge is -2.07. The number of rotatable bonds is 2. The van der Waals surface area contributed by atoms with Crippen LogP contribution in [0.25, 0.3) is 0 Å². The first kappa shape index (κ1) is 14.2. The summed E-state index contributed by atoms with van der Waals surface area (Å²) in [4.78, 5) is 12.1. The first-order chi connectivity index (χ1) is 9.31. The van der Waals surface area contributed by atoms with Crippen molar-refractivity contribution in [3.05, 3.63) is 69.8 Å². The van der Waals surface area contributed by atoms with Crippen LogP contribution in [0.1, 0.15) is 27.0 Å². The molecule has 0 saturated carbocycles. The van der Waals surface area contributed by atoms with Crippen molar-refractivity contribution in [3.8, 4) is 0 Å². The van der Waals surface area contributed by atoms with E-state index in [4.69, 9.17) is 0 Å². The molecular formula is C15H10F4O. The quantitative estimate of drug-likeness (QED) is 0.599. The zero-order valence-corrected chi connectivity index (χ0v) is 10.7. The van der Waals surface area contributed by atoms with Crippen LogP contribution in [-0.4, -0.2) is 5.78 Å². The molecule has 0 bridgehead atoms. The van der Waals surface area contributed by atoms with Crippen LogP contribution in [0.4, 0.5) is 17.6 Å². The number of benzene rings is 2. The van der Waals surface area contributed by atoms with E-state index >= 15 is 0 Å². The Labute approximate surface area is 112 Å². The highest BCUT2D eigenvalue weighted by Gasteiger charge is 2.20. The number of hydrogen-bond donors (Lipinski definition) is 0. The Balaban J connectivity index is 2.57. The molecule has 5 heteroatoms. The highest BCUT2D eigenvalue weighted by molar-refractivity contribution is 6.09. The molecule has 2 rings (SSSR count). The predicted octanol–water partition coefficient (Wildman–Crippen LogP) is 4.09. The van der Waals surface area contributed by atoms with E-state index in [9.17, 15) is 22.4 Å². The Hall–Kier alpha value is -2.17. The van der Waals surface area contributed by atoms with Gasteiger partial charge in [-0.25, -0.2) is 17.6 Å². The van der Waals surface area contributed by atoms with Gasteiger partial charge in [-0.15, -0.1) is 0 Å². The first-order valence-corrected chi connectivity index (χ1v) is 5.77. The van der Waals surface area contributed by atoms with Crippen LogP contribution in [0.2, 0.25) is 0 Å². The SMILES string of the molecule is Cc1cc(C(=O)c2cc(C)c(F)cc2F)c(F)cc1F. The Morgan fingerprint density at radius 2 is 1.05 bits per heavy atom. The van der Waals surface area contributed by atoms with Crippen LogP contribution in [-0.2, 0) is 0 Å². The number of carbonyl (C=O) groups is 1. The molecule has 0 aliphatic heterocycles. The molecule has 0 saturated heterocycles. The molecule has 0 spiro atoms. The average Bonchev–Trinajstić information content (AvgIpc) is 2.37. The number of carbonyl (C=O) groups excluding carboxylic acids is 1. The van der Waals surface area contributed by atoms with E-state index in [-0.39, 0.29) is 11.1 Å². The van der Waals surface area contributed by atoms with Crippen molar-refractivity contribution in [1.82, 2.24) is 0 Å². The molecule has 0 unspecified atom stereocenters. The molecule has 1 nitrogen and oxygen atoms in total. The third-order valence-electron chi connectivity index (χ3n) is 2.99. The smallest absolute Gasteiger partial charge is 0.198 e. The molecule has 2 aromatic carbocycles. The van der Waals surface area contributed by atoms with Gasteiger partial charge in [-0.3, -0.25) is 4.79 Å². The monoisotopic (exact) mass is 282 g/mol. The zero-order valence-electron chi connectivity index (χ0n) is 10.7. The van der Waals surface area contributed by atoms with E-state index < -0.39 is 40.2 Å². The normalized spacial score (nSPS) is 10.7. The van der Waals surface area contributed by atoms with Gasteiger partial charge in [-0.1, -0.05) is 0 Å². The van der Waals surface area contributed by atoms with E-state index in [0.717, 1.165) is 12.1 Å². The molecule has 0 fully saturated rings. The fourth-order valence-corrected chi connectivity index (χ4v) is 1.81. The lowest BCUT2D eigenvalue weighted by atomic mass is 9.99. The second-order valence-corrected chi connectivity index (χ2v) is 4.49. The van der Waals surface area contributed by atoms with Crippen LogP contribution in [0.3, 0.4) is 0 Å². The zero-order chi connectivity index (χ0) is 15.0. The van der Waals surface area contributed by atoms with E-state index in [1.807, 2.05) is 0 Å². The maximum absolute atomic E-state index is 13.6. The molecule has 0 heterocycles. The third kappa shape index (κ3) is 2.43. The summed E-state index contributed by atoms with van der Waals surface area (Å²) in [6.07, 6.45) is 0. The van der Waals surface area contributed by atoms with Crippen molar-refractivity contribution in [3.63, 3.8) is 0 Å². The minimum atomic E-state index is -1.08. The maximum atomic E-state index is 13.6. The fraction of sp³-hybridized carbons (Fsp3) is 0.133. The molecule has 0 atom stereocenters. The standard InChI is InChI=1S/C15H10F4O/c1-7-3-9(13(18)5-11(7)16)15(20)10-4-8(2)12(17)6-14(10)19/h3-6H,1-2H3. The highest BCUT2D eigenvalue weighted by atomic mass is 19.1. The van der Waals surface area contributed by atoms with Gasteiger partial charge in [0.1, 0.15) is 23.3 Å². The summed E-state index contributed by atoms with van der Waals surface area (Å²) < 4.78 is 53.5. The number of hydrogen-bond acceptors (Lipinski definition) is 1. The third-order valence-corrected chi connectivity index (χ3v) is 2.99. The van der Waals surface area contributed by atoms with Gasteiger partial charge in [0.2, 0.25) is 0 Å². The summed E-state index contributed by atoms with van der Waals surface area (Å²) in [5, 5.41) is 0. The Bertz CT molecular complexity index is 648. The van der Waals surface area contributed by atoms with Crippen LogP contribution in [0, 0.1) is 37.1 Å². The van der Waals surface area contributed by atoms with Crippen molar-refractivity contribution in [2.75, 3.05) is 0 Å². The topological polar surface area (TPSA) is 17.1 Å². The molecule has 0 N–H and O–H groups in total. The van der Waals surface area contributed by atoms with Crippen molar-refractivity contribution in [1.29, 1.82) is 0 Å². The van der Waals surface area contributed by atoms with E-state index in [1.165, 1.54) is 13.8 Å². The van der Waals surface area contributed by atoms with Crippen molar-refractivity contribution in [2.45, 2.75) is 13.8 Å². The van der Waals surface area contributed by atoms with Crippen molar-refractivity contribution >= 4 is 5.78 Å². The Morgan fingerprint density at radius 3 is 1.40 bits per heavy atom. The molecule has 0 aromatic heterocycles. The fourth-order valence-electron chi connectivity index (χ4n) is 1.81. The van der Waals surface area contributed by atoms with Gasteiger partial charge in [0.05, 0.1) is 11.1 Å². The maximum Gasteiger partial charge on any atom is 0.198 e. The first-order valence-electron chi connectivity index (χ1n) is 5.77.